The number of benzene rings is 1. The Morgan fingerprint density at radius 3 is 2.65 bits per heavy atom. The summed E-state index contributed by atoms with van der Waals surface area (Å²) in [6.07, 6.45) is 1.61. The molecule has 20 heavy (non-hydrogen) atoms. The smallest absolute Gasteiger partial charge is 0.241 e. The van der Waals surface area contributed by atoms with E-state index in [4.69, 9.17) is 17.3 Å². The third kappa shape index (κ3) is 3.27. The summed E-state index contributed by atoms with van der Waals surface area (Å²) in [5.74, 6) is 0. The van der Waals surface area contributed by atoms with E-state index in [2.05, 4.69) is 9.71 Å². The number of hydrogen-bond acceptors (Lipinski definition) is 4. The summed E-state index contributed by atoms with van der Waals surface area (Å²) in [6.45, 7) is 1.72. The number of nitrogens with zero attached hydrogens (tertiary/aromatic N) is 1. The summed E-state index contributed by atoms with van der Waals surface area (Å²) >= 11 is 5.78. The van der Waals surface area contributed by atoms with E-state index < -0.39 is 16.1 Å². The van der Waals surface area contributed by atoms with Crippen LogP contribution in [0, 0.1) is 0 Å². The first-order valence-electron chi connectivity index (χ1n) is 5.88. The Morgan fingerprint density at radius 2 is 2.05 bits per heavy atom. The minimum Gasteiger partial charge on any atom is -0.397 e. The summed E-state index contributed by atoms with van der Waals surface area (Å²) < 4.78 is 27.0. The van der Waals surface area contributed by atoms with Gasteiger partial charge in [-0.3, -0.25) is 4.98 Å². The number of nitrogen functional groups attached to an aromatic ring is 1. The number of hydrogen-bond donors (Lipinski definition) is 2. The maximum absolute atomic E-state index is 12.2. The molecule has 7 heteroatoms. The lowest BCUT2D eigenvalue weighted by Crippen LogP contribution is -2.27. The van der Waals surface area contributed by atoms with Gasteiger partial charge in [-0.2, -0.15) is 0 Å². The fourth-order valence-electron chi connectivity index (χ4n) is 1.68. The van der Waals surface area contributed by atoms with Crippen LogP contribution in [-0.4, -0.2) is 13.4 Å². The van der Waals surface area contributed by atoms with Gasteiger partial charge >= 0.3 is 0 Å². The zero-order valence-electron chi connectivity index (χ0n) is 10.7. The van der Waals surface area contributed by atoms with Crippen molar-refractivity contribution in [3.8, 4) is 0 Å². The van der Waals surface area contributed by atoms with Crippen LogP contribution in [0.15, 0.2) is 47.5 Å². The van der Waals surface area contributed by atoms with Gasteiger partial charge in [0.25, 0.3) is 0 Å². The molecule has 0 aliphatic heterocycles. The number of nitrogens with one attached hydrogen (secondary N) is 1. The quantitative estimate of drug-likeness (QED) is 0.849. The first-order chi connectivity index (χ1) is 9.40. The van der Waals surface area contributed by atoms with E-state index in [1.165, 1.54) is 18.2 Å². The Bertz CT molecular complexity index is 705. The molecule has 0 amide bonds. The van der Waals surface area contributed by atoms with E-state index in [-0.39, 0.29) is 10.6 Å². The molecule has 3 N–H and O–H groups in total. The molecule has 0 bridgehead atoms. The van der Waals surface area contributed by atoms with Gasteiger partial charge in [-0.25, -0.2) is 13.1 Å². The molecule has 0 saturated heterocycles. The van der Waals surface area contributed by atoms with Crippen molar-refractivity contribution in [2.45, 2.75) is 17.9 Å². The Hall–Kier alpha value is -1.63. The first-order valence-corrected chi connectivity index (χ1v) is 7.74. The van der Waals surface area contributed by atoms with Crippen LogP contribution >= 0.6 is 11.6 Å². The lowest BCUT2D eigenvalue weighted by atomic mass is 10.2. The van der Waals surface area contributed by atoms with Gasteiger partial charge in [0.2, 0.25) is 10.0 Å². The zero-order chi connectivity index (χ0) is 14.8. The molecule has 2 rings (SSSR count). The van der Waals surface area contributed by atoms with Crippen molar-refractivity contribution in [1.29, 1.82) is 0 Å². The van der Waals surface area contributed by atoms with Crippen molar-refractivity contribution in [3.63, 3.8) is 0 Å². The number of pyridine rings is 1. The van der Waals surface area contributed by atoms with Crippen molar-refractivity contribution in [2.24, 2.45) is 0 Å². The van der Waals surface area contributed by atoms with E-state index in [1.54, 1.807) is 31.3 Å². The molecule has 106 valence electrons. The molecule has 0 spiro atoms. The average Bonchev–Trinajstić information content (AvgIpc) is 2.42. The highest BCUT2D eigenvalue weighted by atomic mass is 35.5. The van der Waals surface area contributed by atoms with E-state index in [0.29, 0.717) is 10.7 Å². The molecular formula is C13H14ClN3O2S. The number of anilines is 1. The molecule has 0 fully saturated rings. The van der Waals surface area contributed by atoms with Crippen LogP contribution in [0.3, 0.4) is 0 Å². The van der Waals surface area contributed by atoms with Gasteiger partial charge in [0.05, 0.1) is 27.3 Å². The topological polar surface area (TPSA) is 85.1 Å². The lowest BCUT2D eigenvalue weighted by Gasteiger charge is -2.14. The second-order valence-corrected chi connectivity index (χ2v) is 6.40. The highest BCUT2D eigenvalue weighted by Gasteiger charge is 2.19. The van der Waals surface area contributed by atoms with E-state index in [0.717, 1.165) is 0 Å². The van der Waals surface area contributed by atoms with Crippen molar-refractivity contribution in [2.75, 3.05) is 5.73 Å². The summed E-state index contributed by atoms with van der Waals surface area (Å²) in [4.78, 5) is 4.19. The van der Waals surface area contributed by atoms with Gasteiger partial charge < -0.3 is 5.73 Å². The summed E-state index contributed by atoms with van der Waals surface area (Å²) in [6, 6.07) is 9.07. The van der Waals surface area contributed by atoms with Gasteiger partial charge in [-0.05, 0) is 37.3 Å². The molecule has 0 aliphatic carbocycles. The molecule has 2 aromatic rings. The predicted molar refractivity (Wildman–Crippen MR) is 78.8 cm³/mol. The molecule has 0 saturated carbocycles. The SMILES string of the molecule is CC(NS(=O)(=O)c1ccc(Cl)c(N)c1)c1ccccn1. The number of rotatable bonds is 4. The van der Waals surface area contributed by atoms with Gasteiger partial charge in [-0.1, -0.05) is 17.7 Å². The molecule has 5 nitrogen and oxygen atoms in total. The van der Waals surface area contributed by atoms with Crippen LogP contribution in [-0.2, 0) is 10.0 Å². The summed E-state index contributed by atoms with van der Waals surface area (Å²) in [5, 5.41) is 0.321. The van der Waals surface area contributed by atoms with Crippen LogP contribution in [0.1, 0.15) is 18.7 Å². The second kappa shape index (κ2) is 5.78. The average molecular weight is 312 g/mol. The number of halogens is 1. The first kappa shape index (κ1) is 14.8. The maximum atomic E-state index is 12.2. The van der Waals surface area contributed by atoms with Gasteiger partial charge in [0, 0.05) is 6.20 Å². The third-order valence-corrected chi connectivity index (χ3v) is 4.62. The Balaban J connectivity index is 2.25. The maximum Gasteiger partial charge on any atom is 0.241 e. The largest absolute Gasteiger partial charge is 0.397 e. The second-order valence-electron chi connectivity index (χ2n) is 4.28. The molecule has 1 unspecified atom stereocenters. The van der Waals surface area contributed by atoms with Crippen molar-refractivity contribution >= 4 is 27.3 Å². The van der Waals surface area contributed by atoms with Crippen LogP contribution in [0.4, 0.5) is 5.69 Å². The number of nitrogens with two attached hydrogens (primary N) is 1. The van der Waals surface area contributed by atoms with Crippen molar-refractivity contribution < 1.29 is 8.42 Å². The number of sulfonamides is 1. The highest BCUT2D eigenvalue weighted by Crippen LogP contribution is 2.23. The van der Waals surface area contributed by atoms with E-state index in [9.17, 15) is 8.42 Å². The van der Waals surface area contributed by atoms with Crippen molar-refractivity contribution in [1.82, 2.24) is 9.71 Å². The highest BCUT2D eigenvalue weighted by molar-refractivity contribution is 7.89. The standard InChI is InChI=1S/C13H14ClN3O2S/c1-9(13-4-2-3-7-16-13)17-20(18,19)10-5-6-11(14)12(15)8-10/h2-9,17H,15H2,1H3. The minimum atomic E-state index is -3.68. The monoisotopic (exact) mass is 311 g/mol. The molecule has 1 atom stereocenters. The molecule has 1 aromatic carbocycles. The van der Waals surface area contributed by atoms with Crippen LogP contribution in [0.5, 0.6) is 0 Å². The van der Waals surface area contributed by atoms with Crippen LogP contribution in [0.2, 0.25) is 5.02 Å². The fourth-order valence-corrected chi connectivity index (χ4v) is 3.05. The van der Waals surface area contributed by atoms with Gasteiger partial charge in [0.1, 0.15) is 0 Å². The Morgan fingerprint density at radius 1 is 1.30 bits per heavy atom. The normalized spacial score (nSPS) is 13.1. The van der Waals surface area contributed by atoms with E-state index >= 15 is 0 Å². The van der Waals surface area contributed by atoms with Crippen LogP contribution < -0.4 is 10.5 Å². The molecule has 0 radical (unpaired) electrons. The van der Waals surface area contributed by atoms with E-state index in [1.807, 2.05) is 0 Å². The lowest BCUT2D eigenvalue weighted by molar-refractivity contribution is 0.564. The Labute approximate surface area is 122 Å². The summed E-state index contributed by atoms with van der Waals surface area (Å²) in [7, 11) is -3.68. The summed E-state index contributed by atoms with van der Waals surface area (Å²) in [5.41, 5.74) is 6.48. The van der Waals surface area contributed by atoms with Crippen LogP contribution in [0.25, 0.3) is 0 Å². The molecule has 1 aromatic heterocycles. The van der Waals surface area contributed by atoms with Gasteiger partial charge in [0.15, 0.2) is 0 Å². The minimum absolute atomic E-state index is 0.0715. The molecule has 0 aliphatic rings. The van der Waals surface area contributed by atoms with Gasteiger partial charge in [-0.15, -0.1) is 0 Å². The third-order valence-electron chi connectivity index (χ3n) is 2.74. The molecule has 1 heterocycles. The fraction of sp³-hybridized carbons (Fsp3) is 0.154. The Kier molecular flexibility index (Phi) is 4.27. The molecular weight excluding hydrogens is 298 g/mol. The predicted octanol–water partition coefficient (Wildman–Crippen LogP) is 2.36. The van der Waals surface area contributed by atoms with Crippen molar-refractivity contribution in [3.05, 3.63) is 53.3 Å². The number of aromatic nitrogens is 1. The zero-order valence-corrected chi connectivity index (χ0v) is 12.3.